The van der Waals surface area contributed by atoms with Crippen LogP contribution in [-0.4, -0.2) is 33.0 Å². The van der Waals surface area contributed by atoms with E-state index in [9.17, 15) is 8.42 Å². The Morgan fingerprint density at radius 3 is 2.64 bits per heavy atom. The molecule has 0 saturated carbocycles. The predicted molar refractivity (Wildman–Crippen MR) is 86.6 cm³/mol. The third-order valence-corrected chi connectivity index (χ3v) is 4.09. The first-order chi connectivity index (χ1) is 10.5. The minimum absolute atomic E-state index is 0.134. The number of aromatic nitrogens is 1. The average molecular weight is 340 g/mol. The summed E-state index contributed by atoms with van der Waals surface area (Å²) in [6.07, 6.45) is 1.56. The Kier molecular flexibility index (Phi) is 5.64. The van der Waals surface area contributed by atoms with E-state index in [1.54, 1.807) is 0 Å². The van der Waals surface area contributed by atoms with Gasteiger partial charge in [-0.15, -0.1) is 11.3 Å². The van der Waals surface area contributed by atoms with Crippen LogP contribution in [0.5, 0.6) is 5.75 Å². The normalized spacial score (nSPS) is 11.3. The molecule has 22 heavy (non-hydrogen) atoms. The Hall–Kier alpha value is -1.77. The third kappa shape index (κ3) is 5.55. The van der Waals surface area contributed by atoms with E-state index in [0.29, 0.717) is 23.9 Å². The Morgan fingerprint density at radius 1 is 1.32 bits per heavy atom. The number of nitrogens with zero attached hydrogens (tertiary/aromatic N) is 2. The maximum absolute atomic E-state index is 10.9. The SMILES string of the molecule is C=Nc1nc(COc2ccc(CCOS(C)(=O)=O)cc2)cs1. The van der Waals surface area contributed by atoms with Gasteiger partial charge >= 0.3 is 0 Å². The number of benzene rings is 1. The molecule has 0 unspecified atom stereocenters. The number of rotatable bonds is 8. The molecule has 6 nitrogen and oxygen atoms in total. The predicted octanol–water partition coefficient (Wildman–Crippen LogP) is 2.57. The summed E-state index contributed by atoms with van der Waals surface area (Å²) in [5.74, 6) is 0.717. The molecule has 0 spiro atoms. The zero-order valence-corrected chi connectivity index (χ0v) is 13.7. The van der Waals surface area contributed by atoms with Crippen LogP contribution in [0, 0.1) is 0 Å². The van der Waals surface area contributed by atoms with Crippen LogP contribution in [0.2, 0.25) is 0 Å². The Morgan fingerprint density at radius 2 is 2.05 bits per heavy atom. The topological polar surface area (TPSA) is 77.9 Å². The number of hydrogen-bond acceptors (Lipinski definition) is 7. The fourth-order valence-electron chi connectivity index (χ4n) is 1.66. The maximum atomic E-state index is 10.9. The largest absolute Gasteiger partial charge is 0.487 e. The zero-order chi connectivity index (χ0) is 16.0. The molecule has 0 amide bonds. The molecule has 118 valence electrons. The van der Waals surface area contributed by atoms with Crippen molar-refractivity contribution < 1.29 is 17.3 Å². The van der Waals surface area contributed by atoms with Crippen molar-refractivity contribution in [1.82, 2.24) is 4.98 Å². The smallest absolute Gasteiger partial charge is 0.264 e. The van der Waals surface area contributed by atoms with Crippen LogP contribution in [0.3, 0.4) is 0 Å². The highest BCUT2D eigenvalue weighted by molar-refractivity contribution is 7.85. The van der Waals surface area contributed by atoms with Gasteiger partial charge in [0.05, 0.1) is 18.6 Å². The van der Waals surface area contributed by atoms with Crippen molar-refractivity contribution in [1.29, 1.82) is 0 Å². The summed E-state index contributed by atoms with van der Waals surface area (Å²) in [7, 11) is -3.38. The minimum Gasteiger partial charge on any atom is -0.487 e. The molecule has 0 atom stereocenters. The van der Waals surface area contributed by atoms with Crippen LogP contribution in [0.4, 0.5) is 5.13 Å². The van der Waals surface area contributed by atoms with Gasteiger partial charge in [-0.05, 0) is 30.8 Å². The minimum atomic E-state index is -3.38. The molecule has 1 heterocycles. The third-order valence-electron chi connectivity index (χ3n) is 2.67. The van der Waals surface area contributed by atoms with Crippen molar-refractivity contribution in [3.63, 3.8) is 0 Å². The van der Waals surface area contributed by atoms with E-state index < -0.39 is 10.1 Å². The quantitative estimate of drug-likeness (QED) is 0.545. The molecule has 0 radical (unpaired) electrons. The molecule has 0 fully saturated rings. The van der Waals surface area contributed by atoms with E-state index >= 15 is 0 Å². The van der Waals surface area contributed by atoms with E-state index in [1.807, 2.05) is 29.6 Å². The van der Waals surface area contributed by atoms with Crippen LogP contribution >= 0.6 is 11.3 Å². The Balaban J connectivity index is 1.82. The highest BCUT2D eigenvalue weighted by Gasteiger charge is 2.03. The van der Waals surface area contributed by atoms with Crippen LogP contribution in [0.1, 0.15) is 11.3 Å². The number of ether oxygens (including phenoxy) is 1. The summed E-state index contributed by atoms with van der Waals surface area (Å²) in [4.78, 5) is 7.97. The summed E-state index contributed by atoms with van der Waals surface area (Å²) in [5.41, 5.74) is 1.78. The van der Waals surface area contributed by atoms with Gasteiger partial charge in [0, 0.05) is 5.38 Å². The van der Waals surface area contributed by atoms with Gasteiger partial charge in [-0.25, -0.2) is 9.98 Å². The molecule has 8 heteroatoms. The average Bonchev–Trinajstić information content (AvgIpc) is 2.93. The zero-order valence-electron chi connectivity index (χ0n) is 12.1. The molecule has 1 aromatic heterocycles. The number of hydrogen-bond donors (Lipinski definition) is 0. The van der Waals surface area contributed by atoms with Crippen LogP contribution in [0.15, 0.2) is 34.6 Å². The summed E-state index contributed by atoms with van der Waals surface area (Å²) in [5, 5.41) is 2.50. The molecule has 2 rings (SSSR count). The van der Waals surface area contributed by atoms with Crippen molar-refractivity contribution in [2.24, 2.45) is 4.99 Å². The molecule has 1 aromatic carbocycles. The molecule has 0 aliphatic rings. The van der Waals surface area contributed by atoms with Crippen molar-refractivity contribution in [3.05, 3.63) is 40.9 Å². The lowest BCUT2D eigenvalue weighted by molar-refractivity contribution is 0.302. The fourth-order valence-corrected chi connectivity index (χ4v) is 2.65. The Labute approximate surface area is 133 Å². The highest BCUT2D eigenvalue weighted by atomic mass is 32.2. The van der Waals surface area contributed by atoms with Crippen LogP contribution in [-0.2, 0) is 27.3 Å². The van der Waals surface area contributed by atoms with Crippen LogP contribution < -0.4 is 4.74 Å². The van der Waals surface area contributed by atoms with Crippen molar-refractivity contribution in [2.75, 3.05) is 12.9 Å². The second kappa shape index (κ2) is 7.48. The highest BCUT2D eigenvalue weighted by Crippen LogP contribution is 2.20. The molecule has 2 aromatic rings. The van der Waals surface area contributed by atoms with E-state index in [1.165, 1.54) is 11.3 Å². The molecule has 0 N–H and O–H groups in total. The van der Waals surface area contributed by atoms with E-state index in [2.05, 4.69) is 16.7 Å². The Bertz CT molecular complexity index is 724. The second-order valence-electron chi connectivity index (χ2n) is 4.49. The second-order valence-corrected chi connectivity index (χ2v) is 6.97. The summed E-state index contributed by atoms with van der Waals surface area (Å²) < 4.78 is 32.0. The standard InChI is InChI=1S/C14H16N2O4S2/c1-15-14-16-12(10-21-14)9-19-13-5-3-11(4-6-13)7-8-20-22(2,17)18/h3-6,10H,1,7-9H2,2H3. The molecule has 0 aliphatic heterocycles. The molecular formula is C14H16N2O4S2. The van der Waals surface area contributed by atoms with Crippen molar-refractivity contribution in [3.8, 4) is 5.75 Å². The van der Waals surface area contributed by atoms with Gasteiger partial charge in [0.25, 0.3) is 10.1 Å². The van der Waals surface area contributed by atoms with Gasteiger partial charge in [0.2, 0.25) is 5.13 Å². The number of aliphatic imine (C=N–C) groups is 1. The lowest BCUT2D eigenvalue weighted by Gasteiger charge is -2.06. The van der Waals surface area contributed by atoms with Gasteiger partial charge in [-0.2, -0.15) is 8.42 Å². The van der Waals surface area contributed by atoms with Crippen molar-refractivity contribution >= 4 is 33.3 Å². The summed E-state index contributed by atoms with van der Waals surface area (Å²) in [6, 6.07) is 7.40. The van der Waals surface area contributed by atoms with Gasteiger partial charge in [0.15, 0.2) is 0 Å². The molecular weight excluding hydrogens is 324 g/mol. The lowest BCUT2D eigenvalue weighted by atomic mass is 10.1. The first kappa shape index (κ1) is 16.6. The van der Waals surface area contributed by atoms with Crippen LogP contribution in [0.25, 0.3) is 0 Å². The van der Waals surface area contributed by atoms with E-state index in [4.69, 9.17) is 8.92 Å². The van der Waals surface area contributed by atoms with E-state index in [-0.39, 0.29) is 6.61 Å². The first-order valence-corrected chi connectivity index (χ1v) is 9.13. The molecule has 0 aliphatic carbocycles. The van der Waals surface area contributed by atoms with Gasteiger partial charge < -0.3 is 4.74 Å². The monoisotopic (exact) mass is 340 g/mol. The van der Waals surface area contributed by atoms with Gasteiger partial charge in [-0.1, -0.05) is 12.1 Å². The van der Waals surface area contributed by atoms with E-state index in [0.717, 1.165) is 17.5 Å². The first-order valence-electron chi connectivity index (χ1n) is 6.43. The maximum Gasteiger partial charge on any atom is 0.264 e. The molecule has 0 bridgehead atoms. The number of thiazole rings is 1. The lowest BCUT2D eigenvalue weighted by Crippen LogP contribution is -2.06. The van der Waals surface area contributed by atoms with Crippen molar-refractivity contribution in [2.45, 2.75) is 13.0 Å². The fraction of sp³-hybridized carbons (Fsp3) is 0.286. The summed E-state index contributed by atoms with van der Waals surface area (Å²) in [6.45, 7) is 3.92. The molecule has 0 saturated heterocycles. The van der Waals surface area contributed by atoms with Gasteiger partial charge in [-0.3, -0.25) is 4.18 Å². The summed E-state index contributed by atoms with van der Waals surface area (Å²) >= 11 is 1.41. The van der Waals surface area contributed by atoms with Gasteiger partial charge in [0.1, 0.15) is 12.4 Å².